The quantitative estimate of drug-likeness (QED) is 0.287. The number of aliphatic hydroxyl groups excluding tert-OH is 1. The number of hydrogen-bond acceptors (Lipinski definition) is 6. The molecule has 0 aromatic rings. The van der Waals surface area contributed by atoms with Gasteiger partial charge in [-0.05, 0) is 39.0 Å². The van der Waals surface area contributed by atoms with E-state index in [1.165, 1.54) is 6.08 Å². The van der Waals surface area contributed by atoms with Crippen molar-refractivity contribution in [2.75, 3.05) is 26.3 Å². The van der Waals surface area contributed by atoms with Crippen molar-refractivity contribution in [2.24, 2.45) is 17.8 Å². The van der Waals surface area contributed by atoms with Crippen LogP contribution in [0.25, 0.3) is 0 Å². The van der Waals surface area contributed by atoms with Gasteiger partial charge in [-0.1, -0.05) is 25.7 Å². The molecule has 7 nitrogen and oxygen atoms in total. The molecule has 3 aliphatic heterocycles. The molecule has 0 saturated carbocycles. The van der Waals surface area contributed by atoms with E-state index in [9.17, 15) is 19.5 Å². The maximum absolute atomic E-state index is 14.0. The summed E-state index contributed by atoms with van der Waals surface area (Å²) in [6.45, 7) is 14.4. The van der Waals surface area contributed by atoms with Crippen LogP contribution in [-0.4, -0.2) is 81.1 Å². The number of rotatable bonds is 11. The number of carbonyl (C=O) groups is 3. The van der Waals surface area contributed by atoms with E-state index < -0.39 is 22.6 Å². The smallest absolute Gasteiger partial charge is 0.311 e. The Bertz CT molecular complexity index is 771. The Kier molecular flexibility index (Phi) is 7.76. The van der Waals surface area contributed by atoms with Crippen LogP contribution in [0, 0.1) is 17.8 Å². The van der Waals surface area contributed by atoms with Crippen LogP contribution in [0.1, 0.15) is 40.0 Å². The Hall–Kier alpha value is -1.80. The molecule has 3 heterocycles. The first-order chi connectivity index (χ1) is 15.3. The molecule has 6 atom stereocenters. The van der Waals surface area contributed by atoms with Gasteiger partial charge < -0.3 is 19.6 Å². The summed E-state index contributed by atoms with van der Waals surface area (Å²) in [4.78, 5) is 44.2. The molecule has 3 saturated heterocycles. The highest BCUT2D eigenvalue weighted by atomic mass is 32.2. The Balaban J connectivity index is 2.03. The normalized spacial score (nSPS) is 32.8. The van der Waals surface area contributed by atoms with Crippen molar-refractivity contribution in [2.45, 2.75) is 62.1 Å². The zero-order valence-electron chi connectivity index (χ0n) is 19.4. The molecule has 0 aromatic carbocycles. The predicted octanol–water partition coefficient (Wildman–Crippen LogP) is 2.25. The zero-order valence-corrected chi connectivity index (χ0v) is 20.2. The monoisotopic (exact) mass is 464 g/mol. The van der Waals surface area contributed by atoms with E-state index in [2.05, 4.69) is 20.1 Å². The summed E-state index contributed by atoms with van der Waals surface area (Å²) in [5.41, 5.74) is 0. The maximum Gasteiger partial charge on any atom is 0.311 e. The lowest BCUT2D eigenvalue weighted by atomic mass is 9.66. The van der Waals surface area contributed by atoms with E-state index in [4.69, 9.17) is 4.74 Å². The standard InChI is InChI=1S/C24H36N2O5S/c1-6-10-25(15(3)4)22(29)20-24-16(5)14-17(32-24)18(23(30)31-13-7-2)19(24)21(28)26(20)11-8-9-12-27/h6-7,15-20,27H,1-2,8-14H2,3-5H3/t16?,17-,18+,19-,20?,24?/m0/s1. The van der Waals surface area contributed by atoms with Crippen molar-refractivity contribution >= 4 is 29.5 Å². The number of unbranched alkanes of at least 4 members (excludes halogenated alkanes) is 1. The topological polar surface area (TPSA) is 87.2 Å². The molecule has 1 spiro atoms. The van der Waals surface area contributed by atoms with Crippen LogP contribution >= 0.6 is 11.8 Å². The second-order valence-corrected chi connectivity index (χ2v) is 10.9. The highest BCUT2D eigenvalue weighted by molar-refractivity contribution is 8.02. The van der Waals surface area contributed by atoms with Crippen molar-refractivity contribution in [1.82, 2.24) is 9.80 Å². The van der Waals surface area contributed by atoms with E-state index in [1.807, 2.05) is 13.8 Å². The van der Waals surface area contributed by atoms with Crippen LogP contribution in [0.5, 0.6) is 0 Å². The van der Waals surface area contributed by atoms with Gasteiger partial charge in [0.05, 0.1) is 16.6 Å². The lowest BCUT2D eigenvalue weighted by Gasteiger charge is -2.41. The fourth-order valence-electron chi connectivity index (χ4n) is 5.79. The first kappa shape index (κ1) is 24.8. The predicted molar refractivity (Wildman–Crippen MR) is 125 cm³/mol. The van der Waals surface area contributed by atoms with Crippen LogP contribution < -0.4 is 0 Å². The third-order valence-electron chi connectivity index (χ3n) is 7.13. The van der Waals surface area contributed by atoms with Gasteiger partial charge >= 0.3 is 5.97 Å². The molecule has 3 aliphatic rings. The molecule has 2 amide bonds. The number of esters is 1. The third kappa shape index (κ3) is 3.89. The van der Waals surface area contributed by atoms with Crippen molar-refractivity contribution in [3.05, 3.63) is 25.3 Å². The molecule has 3 unspecified atom stereocenters. The SMILES string of the molecule is C=CCOC(=O)[C@@H]1[C@@H]2CC(C)C3(S2)C(C(=O)N(CC=C)C(C)C)N(CCCCO)C(=O)[C@H]13. The number of hydrogen-bond donors (Lipinski definition) is 1. The Morgan fingerprint density at radius 1 is 1.34 bits per heavy atom. The summed E-state index contributed by atoms with van der Waals surface area (Å²) in [5.74, 6) is -1.59. The minimum Gasteiger partial charge on any atom is -0.461 e. The average molecular weight is 465 g/mol. The number of nitrogens with zero attached hydrogens (tertiary/aromatic N) is 2. The summed E-state index contributed by atoms with van der Waals surface area (Å²) in [5, 5.41) is 9.22. The number of aliphatic hydroxyl groups is 1. The summed E-state index contributed by atoms with van der Waals surface area (Å²) in [6, 6.07) is -0.680. The van der Waals surface area contributed by atoms with Crippen LogP contribution in [0.4, 0.5) is 0 Å². The molecule has 32 heavy (non-hydrogen) atoms. The fraction of sp³-hybridized carbons (Fsp3) is 0.708. The van der Waals surface area contributed by atoms with E-state index in [-0.39, 0.29) is 48.2 Å². The van der Waals surface area contributed by atoms with Crippen molar-refractivity contribution in [3.63, 3.8) is 0 Å². The maximum atomic E-state index is 14.0. The molecule has 178 valence electrons. The van der Waals surface area contributed by atoms with Gasteiger partial charge in [0.25, 0.3) is 0 Å². The summed E-state index contributed by atoms with van der Waals surface area (Å²) < 4.78 is 4.74. The molecule has 0 aromatic heterocycles. The molecule has 1 N–H and O–H groups in total. The minimum atomic E-state index is -0.649. The lowest BCUT2D eigenvalue weighted by molar-refractivity contribution is -0.153. The second kappa shape index (κ2) is 10.00. The largest absolute Gasteiger partial charge is 0.461 e. The van der Waals surface area contributed by atoms with Gasteiger partial charge in [-0.2, -0.15) is 0 Å². The van der Waals surface area contributed by atoms with Crippen molar-refractivity contribution < 1.29 is 24.2 Å². The highest BCUT2D eigenvalue weighted by Crippen LogP contribution is 2.68. The number of fused-ring (bicyclic) bond motifs is 1. The van der Waals surface area contributed by atoms with Gasteiger partial charge in [0.2, 0.25) is 11.8 Å². The first-order valence-electron chi connectivity index (χ1n) is 11.5. The molecular weight excluding hydrogens is 428 g/mol. The van der Waals surface area contributed by atoms with E-state index in [0.29, 0.717) is 25.9 Å². The van der Waals surface area contributed by atoms with Crippen LogP contribution in [-0.2, 0) is 19.1 Å². The van der Waals surface area contributed by atoms with Crippen molar-refractivity contribution in [3.8, 4) is 0 Å². The Morgan fingerprint density at radius 2 is 2.06 bits per heavy atom. The van der Waals surface area contributed by atoms with Crippen LogP contribution in [0.15, 0.2) is 25.3 Å². The lowest BCUT2D eigenvalue weighted by Crippen LogP contribution is -2.58. The Labute approximate surface area is 195 Å². The zero-order chi connectivity index (χ0) is 23.6. The van der Waals surface area contributed by atoms with Gasteiger partial charge in [0.1, 0.15) is 12.6 Å². The van der Waals surface area contributed by atoms with Gasteiger partial charge in [-0.15, -0.1) is 18.3 Å². The molecule has 8 heteroatoms. The third-order valence-corrected chi connectivity index (χ3v) is 9.21. The fourth-order valence-corrected chi connectivity index (χ4v) is 8.19. The summed E-state index contributed by atoms with van der Waals surface area (Å²) in [7, 11) is 0. The summed E-state index contributed by atoms with van der Waals surface area (Å²) in [6.07, 6.45) is 5.17. The minimum absolute atomic E-state index is 0.0296. The van der Waals surface area contributed by atoms with Crippen LogP contribution in [0.2, 0.25) is 0 Å². The summed E-state index contributed by atoms with van der Waals surface area (Å²) >= 11 is 1.65. The molecule has 0 radical (unpaired) electrons. The Morgan fingerprint density at radius 3 is 2.66 bits per heavy atom. The van der Waals surface area contributed by atoms with E-state index in [0.717, 1.165) is 6.42 Å². The molecular formula is C24H36N2O5S. The molecule has 0 aliphatic carbocycles. The average Bonchev–Trinajstić information content (AvgIpc) is 3.34. The molecule has 3 fully saturated rings. The molecule has 3 rings (SSSR count). The van der Waals surface area contributed by atoms with Crippen LogP contribution in [0.3, 0.4) is 0 Å². The van der Waals surface area contributed by atoms with Gasteiger partial charge in [0, 0.05) is 31.0 Å². The number of ether oxygens (including phenoxy) is 1. The second-order valence-electron chi connectivity index (χ2n) is 9.31. The number of likely N-dealkylation sites (tertiary alicyclic amines) is 1. The number of amides is 2. The molecule has 2 bridgehead atoms. The first-order valence-corrected chi connectivity index (χ1v) is 12.4. The van der Waals surface area contributed by atoms with Gasteiger partial charge in [0.15, 0.2) is 0 Å². The number of carbonyl (C=O) groups excluding carboxylic acids is 3. The van der Waals surface area contributed by atoms with E-state index in [1.54, 1.807) is 27.6 Å². The van der Waals surface area contributed by atoms with E-state index >= 15 is 0 Å². The van der Waals surface area contributed by atoms with Gasteiger partial charge in [-0.3, -0.25) is 14.4 Å². The highest BCUT2D eigenvalue weighted by Gasteiger charge is 2.76. The number of thioether (sulfide) groups is 1. The van der Waals surface area contributed by atoms with Gasteiger partial charge in [-0.25, -0.2) is 0 Å². The van der Waals surface area contributed by atoms with Crippen molar-refractivity contribution in [1.29, 1.82) is 0 Å².